The molecule has 0 saturated heterocycles. The first kappa shape index (κ1) is 16.2. The van der Waals surface area contributed by atoms with Crippen molar-refractivity contribution in [3.63, 3.8) is 0 Å². The lowest BCUT2D eigenvalue weighted by Gasteiger charge is -2.13. The maximum Gasteiger partial charge on any atom is 0.272 e. The molecular formula is C20H16ClN5O. The van der Waals surface area contributed by atoms with Crippen molar-refractivity contribution in [1.29, 1.82) is 0 Å². The molecule has 134 valence electrons. The van der Waals surface area contributed by atoms with Crippen molar-refractivity contribution in [2.75, 3.05) is 7.11 Å². The third kappa shape index (κ3) is 2.64. The second kappa shape index (κ2) is 6.03. The summed E-state index contributed by atoms with van der Waals surface area (Å²) in [7, 11) is 1.67. The van der Waals surface area contributed by atoms with Gasteiger partial charge in [0, 0.05) is 10.6 Å². The van der Waals surface area contributed by atoms with Crippen molar-refractivity contribution in [3.05, 3.63) is 71.1 Å². The maximum absolute atomic E-state index is 5.96. The Balaban J connectivity index is 1.55. The Morgan fingerprint density at radius 2 is 1.74 bits per heavy atom. The van der Waals surface area contributed by atoms with E-state index in [9.17, 15) is 0 Å². The number of nitrogens with zero attached hydrogens (tertiary/aromatic N) is 5. The molecule has 1 fully saturated rings. The number of methoxy groups -OCH3 is 1. The number of halogens is 1. The van der Waals surface area contributed by atoms with Crippen LogP contribution in [0.25, 0.3) is 17.0 Å². The van der Waals surface area contributed by atoms with Crippen molar-refractivity contribution >= 4 is 17.4 Å². The Morgan fingerprint density at radius 1 is 1.00 bits per heavy atom. The van der Waals surface area contributed by atoms with Crippen LogP contribution < -0.4 is 4.74 Å². The first-order valence-corrected chi connectivity index (χ1v) is 9.07. The lowest BCUT2D eigenvalue weighted by molar-refractivity contribution is 0.414. The molecular weight excluding hydrogens is 362 g/mol. The highest BCUT2D eigenvalue weighted by atomic mass is 35.5. The Labute approximate surface area is 160 Å². The molecule has 2 heterocycles. The van der Waals surface area contributed by atoms with E-state index in [1.807, 2.05) is 36.4 Å². The molecule has 0 radical (unpaired) electrons. The molecule has 6 nitrogen and oxygen atoms in total. The van der Waals surface area contributed by atoms with Crippen LogP contribution in [0.5, 0.6) is 5.75 Å². The van der Waals surface area contributed by atoms with Gasteiger partial charge in [-0.1, -0.05) is 35.9 Å². The van der Waals surface area contributed by atoms with E-state index in [1.54, 1.807) is 17.8 Å². The minimum atomic E-state index is -0.151. The fraction of sp³-hybridized carbons (Fsp3) is 0.200. The van der Waals surface area contributed by atoms with Gasteiger partial charge >= 0.3 is 0 Å². The van der Waals surface area contributed by atoms with E-state index in [0.29, 0.717) is 10.8 Å². The summed E-state index contributed by atoms with van der Waals surface area (Å²) >= 11 is 5.96. The van der Waals surface area contributed by atoms with Gasteiger partial charge in [0.15, 0.2) is 5.82 Å². The Bertz CT molecular complexity index is 1120. The smallest absolute Gasteiger partial charge is 0.272 e. The largest absolute Gasteiger partial charge is 0.497 e. The molecule has 1 aliphatic rings. The van der Waals surface area contributed by atoms with E-state index in [0.717, 1.165) is 35.7 Å². The quantitative estimate of drug-likeness (QED) is 0.539. The van der Waals surface area contributed by atoms with Gasteiger partial charge in [-0.2, -0.15) is 9.61 Å². The molecule has 0 aliphatic heterocycles. The second-order valence-electron chi connectivity index (χ2n) is 6.69. The number of hydrogen-bond acceptors (Lipinski definition) is 5. The van der Waals surface area contributed by atoms with Crippen molar-refractivity contribution < 1.29 is 4.74 Å². The molecule has 1 saturated carbocycles. The monoisotopic (exact) mass is 377 g/mol. The van der Waals surface area contributed by atoms with E-state index >= 15 is 0 Å². The van der Waals surface area contributed by atoms with Gasteiger partial charge in [-0.15, -0.1) is 10.2 Å². The fourth-order valence-corrected chi connectivity index (χ4v) is 3.56. The molecule has 5 rings (SSSR count). The van der Waals surface area contributed by atoms with Gasteiger partial charge in [0.1, 0.15) is 5.75 Å². The maximum atomic E-state index is 5.96. The van der Waals surface area contributed by atoms with Crippen LogP contribution >= 0.6 is 11.6 Å². The standard InChI is InChI=1S/C20H16ClN5O/c1-27-16-8-4-14(5-9-16)20(10-11-20)18-24-25-19-23-17(12-22-26(18)19)13-2-6-15(21)7-3-13/h2-9,12H,10-11H2,1H3. The van der Waals surface area contributed by atoms with Crippen molar-refractivity contribution in [2.45, 2.75) is 18.3 Å². The number of ether oxygens (including phenoxy) is 1. The topological polar surface area (TPSA) is 65.2 Å². The van der Waals surface area contributed by atoms with Crippen LogP contribution in [0.15, 0.2) is 54.7 Å². The Kier molecular flexibility index (Phi) is 3.62. The van der Waals surface area contributed by atoms with Gasteiger partial charge in [-0.25, -0.2) is 4.98 Å². The van der Waals surface area contributed by atoms with E-state index < -0.39 is 0 Å². The number of fused-ring (bicyclic) bond motifs is 1. The molecule has 7 heteroatoms. The van der Waals surface area contributed by atoms with Crippen LogP contribution in [0.1, 0.15) is 24.2 Å². The molecule has 2 aromatic carbocycles. The number of aromatic nitrogens is 5. The zero-order valence-electron chi connectivity index (χ0n) is 14.6. The summed E-state index contributed by atoms with van der Waals surface area (Å²) in [4.78, 5) is 4.62. The first-order valence-electron chi connectivity index (χ1n) is 8.69. The normalized spacial score (nSPS) is 15.0. The first-order chi connectivity index (χ1) is 13.2. The molecule has 4 aromatic rings. The van der Waals surface area contributed by atoms with Crippen LogP contribution in [0.2, 0.25) is 5.02 Å². The highest BCUT2D eigenvalue weighted by Crippen LogP contribution is 2.52. The molecule has 0 amide bonds. The lowest BCUT2D eigenvalue weighted by Crippen LogP contribution is -2.15. The minimum absolute atomic E-state index is 0.151. The molecule has 27 heavy (non-hydrogen) atoms. The average Bonchev–Trinajstić information content (AvgIpc) is 3.41. The van der Waals surface area contributed by atoms with Gasteiger partial charge < -0.3 is 4.74 Å². The summed E-state index contributed by atoms with van der Waals surface area (Å²) in [6.07, 6.45) is 3.77. The number of hydrogen-bond donors (Lipinski definition) is 0. The summed E-state index contributed by atoms with van der Waals surface area (Å²) in [5, 5.41) is 14.0. The Morgan fingerprint density at radius 3 is 2.41 bits per heavy atom. The van der Waals surface area contributed by atoms with E-state index in [1.165, 1.54) is 5.56 Å². The highest BCUT2D eigenvalue weighted by Gasteiger charge is 2.50. The molecule has 0 N–H and O–H groups in total. The molecule has 0 unspecified atom stereocenters. The van der Waals surface area contributed by atoms with Crippen LogP contribution in [0.3, 0.4) is 0 Å². The van der Waals surface area contributed by atoms with Gasteiger partial charge in [0.2, 0.25) is 0 Å². The summed E-state index contributed by atoms with van der Waals surface area (Å²) in [6, 6.07) is 15.6. The predicted molar refractivity (Wildman–Crippen MR) is 102 cm³/mol. The predicted octanol–water partition coefficient (Wildman–Crippen LogP) is 3.93. The SMILES string of the molecule is COc1ccc(C2(c3nnc4nc(-c5ccc(Cl)cc5)cnn34)CC2)cc1. The lowest BCUT2D eigenvalue weighted by atomic mass is 9.95. The zero-order chi connectivity index (χ0) is 18.4. The van der Waals surface area contributed by atoms with Crippen LogP contribution in [-0.4, -0.2) is 31.9 Å². The third-order valence-corrected chi connectivity index (χ3v) is 5.35. The third-order valence-electron chi connectivity index (χ3n) is 5.10. The van der Waals surface area contributed by atoms with Crippen LogP contribution in [-0.2, 0) is 5.41 Å². The van der Waals surface area contributed by atoms with Gasteiger partial charge in [0.25, 0.3) is 5.78 Å². The Hall–Kier alpha value is -2.99. The fourth-order valence-electron chi connectivity index (χ4n) is 3.43. The highest BCUT2D eigenvalue weighted by molar-refractivity contribution is 6.30. The summed E-state index contributed by atoms with van der Waals surface area (Å²) < 4.78 is 7.01. The number of rotatable bonds is 4. The van der Waals surface area contributed by atoms with E-state index in [2.05, 4.69) is 32.4 Å². The summed E-state index contributed by atoms with van der Waals surface area (Å²) in [5.74, 6) is 2.17. The summed E-state index contributed by atoms with van der Waals surface area (Å²) in [6.45, 7) is 0. The zero-order valence-corrected chi connectivity index (χ0v) is 15.4. The van der Waals surface area contributed by atoms with E-state index in [4.69, 9.17) is 16.3 Å². The molecule has 2 aromatic heterocycles. The van der Waals surface area contributed by atoms with Gasteiger partial charge in [-0.3, -0.25) is 0 Å². The van der Waals surface area contributed by atoms with Gasteiger partial charge in [0.05, 0.1) is 24.4 Å². The minimum Gasteiger partial charge on any atom is -0.497 e. The average molecular weight is 378 g/mol. The molecule has 1 aliphatic carbocycles. The number of benzene rings is 2. The van der Waals surface area contributed by atoms with Crippen LogP contribution in [0, 0.1) is 0 Å². The summed E-state index contributed by atoms with van der Waals surface area (Å²) in [5.41, 5.74) is 2.73. The molecule has 0 bridgehead atoms. The van der Waals surface area contributed by atoms with Crippen molar-refractivity contribution in [3.8, 4) is 17.0 Å². The molecule has 0 spiro atoms. The second-order valence-corrected chi connectivity index (χ2v) is 7.13. The van der Waals surface area contributed by atoms with Crippen molar-refractivity contribution in [1.82, 2.24) is 24.8 Å². The molecule has 0 atom stereocenters. The van der Waals surface area contributed by atoms with E-state index in [-0.39, 0.29) is 5.41 Å². The van der Waals surface area contributed by atoms with Crippen LogP contribution in [0.4, 0.5) is 0 Å². The van der Waals surface area contributed by atoms with Crippen molar-refractivity contribution in [2.24, 2.45) is 0 Å². The van der Waals surface area contributed by atoms with Gasteiger partial charge in [-0.05, 0) is 42.7 Å².